The Morgan fingerprint density at radius 1 is 1.41 bits per heavy atom. The second-order valence-electron chi connectivity index (χ2n) is 4.90. The first-order valence-corrected chi connectivity index (χ1v) is 6.36. The highest BCUT2D eigenvalue weighted by molar-refractivity contribution is 5.12. The summed E-state index contributed by atoms with van der Waals surface area (Å²) in [4.78, 5) is 8.65. The largest absolute Gasteiger partial charge is 0.396 e. The second kappa shape index (κ2) is 5.56. The van der Waals surface area contributed by atoms with Crippen molar-refractivity contribution < 1.29 is 5.11 Å². The summed E-state index contributed by atoms with van der Waals surface area (Å²) in [6.07, 6.45) is 6.93. The molecule has 0 bridgehead atoms. The molecule has 3 unspecified atom stereocenters. The van der Waals surface area contributed by atoms with Crippen molar-refractivity contribution in [1.82, 2.24) is 15.3 Å². The Labute approximate surface area is 102 Å². The molecule has 2 N–H and O–H groups in total. The van der Waals surface area contributed by atoms with Crippen molar-refractivity contribution in [3.05, 3.63) is 23.8 Å². The summed E-state index contributed by atoms with van der Waals surface area (Å²) in [5, 5.41) is 12.9. The number of hydrogen-bond acceptors (Lipinski definition) is 4. The molecule has 3 atom stereocenters. The molecule has 0 radical (unpaired) electrons. The SMILES string of the molecule is Cc1nccnc1C(C)NC1CCCC1CO. The van der Waals surface area contributed by atoms with Gasteiger partial charge in [0.25, 0.3) is 0 Å². The van der Waals surface area contributed by atoms with Crippen LogP contribution in [-0.2, 0) is 0 Å². The zero-order valence-corrected chi connectivity index (χ0v) is 10.6. The van der Waals surface area contributed by atoms with Gasteiger partial charge < -0.3 is 10.4 Å². The highest BCUT2D eigenvalue weighted by Crippen LogP contribution is 2.27. The monoisotopic (exact) mass is 235 g/mol. The topological polar surface area (TPSA) is 58.0 Å². The summed E-state index contributed by atoms with van der Waals surface area (Å²) in [5.41, 5.74) is 1.99. The van der Waals surface area contributed by atoms with E-state index >= 15 is 0 Å². The van der Waals surface area contributed by atoms with Gasteiger partial charge in [0.05, 0.1) is 11.4 Å². The molecular weight excluding hydrogens is 214 g/mol. The van der Waals surface area contributed by atoms with Crippen molar-refractivity contribution in [2.24, 2.45) is 5.92 Å². The van der Waals surface area contributed by atoms with Crippen molar-refractivity contribution in [2.75, 3.05) is 6.61 Å². The molecule has 1 saturated carbocycles. The van der Waals surface area contributed by atoms with E-state index in [0.717, 1.165) is 24.2 Å². The van der Waals surface area contributed by atoms with Crippen LogP contribution < -0.4 is 5.32 Å². The van der Waals surface area contributed by atoms with Gasteiger partial charge in [-0.2, -0.15) is 0 Å². The number of rotatable bonds is 4. The number of hydrogen-bond donors (Lipinski definition) is 2. The smallest absolute Gasteiger partial charge is 0.0782 e. The number of aryl methyl sites for hydroxylation is 1. The zero-order valence-electron chi connectivity index (χ0n) is 10.6. The van der Waals surface area contributed by atoms with E-state index in [9.17, 15) is 5.11 Å². The van der Waals surface area contributed by atoms with Gasteiger partial charge in [0.15, 0.2) is 0 Å². The number of aromatic nitrogens is 2. The Bertz CT molecular complexity index is 369. The summed E-state index contributed by atoms with van der Waals surface area (Å²) in [5.74, 6) is 0.398. The van der Waals surface area contributed by atoms with Crippen LogP contribution in [0, 0.1) is 12.8 Å². The molecule has 1 fully saturated rings. The van der Waals surface area contributed by atoms with Crippen molar-refractivity contribution >= 4 is 0 Å². The van der Waals surface area contributed by atoms with Gasteiger partial charge in [0.1, 0.15) is 0 Å². The minimum absolute atomic E-state index is 0.195. The van der Waals surface area contributed by atoms with Gasteiger partial charge in [-0.3, -0.25) is 9.97 Å². The second-order valence-corrected chi connectivity index (χ2v) is 4.90. The van der Waals surface area contributed by atoms with Crippen LogP contribution in [0.4, 0.5) is 0 Å². The molecule has 1 aromatic rings. The fourth-order valence-corrected chi connectivity index (χ4v) is 2.72. The molecule has 2 rings (SSSR count). The Balaban J connectivity index is 2.01. The molecule has 0 aliphatic heterocycles. The zero-order chi connectivity index (χ0) is 12.3. The first-order chi connectivity index (χ1) is 8.22. The molecule has 1 aliphatic carbocycles. The molecule has 0 amide bonds. The molecule has 0 saturated heterocycles. The number of nitrogens with one attached hydrogen (secondary N) is 1. The standard InChI is InChI=1S/C13H21N3O/c1-9-13(15-7-6-14-9)10(2)16-12-5-3-4-11(12)8-17/h6-7,10-12,16-17H,3-5,8H2,1-2H3. The highest BCUT2D eigenvalue weighted by Gasteiger charge is 2.28. The van der Waals surface area contributed by atoms with E-state index in [-0.39, 0.29) is 12.6 Å². The molecule has 17 heavy (non-hydrogen) atoms. The van der Waals surface area contributed by atoms with Gasteiger partial charge in [0.2, 0.25) is 0 Å². The lowest BCUT2D eigenvalue weighted by molar-refractivity contribution is 0.200. The molecule has 4 heteroatoms. The Hall–Kier alpha value is -1.00. The Kier molecular flexibility index (Phi) is 4.07. The molecule has 1 aliphatic rings. The number of nitrogens with zero attached hydrogens (tertiary/aromatic N) is 2. The molecule has 0 spiro atoms. The van der Waals surface area contributed by atoms with Crippen LogP contribution in [0.3, 0.4) is 0 Å². The fraction of sp³-hybridized carbons (Fsp3) is 0.692. The van der Waals surface area contributed by atoms with Gasteiger partial charge in [0, 0.05) is 31.1 Å². The van der Waals surface area contributed by atoms with E-state index in [0.29, 0.717) is 12.0 Å². The van der Waals surface area contributed by atoms with Gasteiger partial charge in [-0.1, -0.05) is 6.42 Å². The highest BCUT2D eigenvalue weighted by atomic mass is 16.3. The van der Waals surface area contributed by atoms with Crippen molar-refractivity contribution in [2.45, 2.75) is 45.2 Å². The van der Waals surface area contributed by atoms with Crippen LogP contribution in [0.25, 0.3) is 0 Å². The fourth-order valence-electron chi connectivity index (χ4n) is 2.72. The lowest BCUT2D eigenvalue weighted by Gasteiger charge is -2.24. The maximum absolute atomic E-state index is 9.31. The normalized spacial score (nSPS) is 26.1. The predicted molar refractivity (Wildman–Crippen MR) is 66.5 cm³/mol. The minimum atomic E-state index is 0.195. The maximum Gasteiger partial charge on any atom is 0.0782 e. The minimum Gasteiger partial charge on any atom is -0.396 e. The summed E-state index contributed by atoms with van der Waals surface area (Å²) >= 11 is 0. The predicted octanol–water partition coefficient (Wildman–Crippen LogP) is 1.60. The maximum atomic E-state index is 9.31. The van der Waals surface area contributed by atoms with E-state index in [1.54, 1.807) is 12.4 Å². The first-order valence-electron chi connectivity index (χ1n) is 6.36. The summed E-state index contributed by atoms with van der Waals surface area (Å²) in [6.45, 7) is 4.38. The van der Waals surface area contributed by atoms with Crippen LogP contribution in [0.2, 0.25) is 0 Å². The van der Waals surface area contributed by atoms with Crippen LogP contribution in [-0.4, -0.2) is 27.7 Å². The van der Waals surface area contributed by atoms with Crippen molar-refractivity contribution in [1.29, 1.82) is 0 Å². The third-order valence-corrected chi connectivity index (χ3v) is 3.69. The van der Waals surface area contributed by atoms with E-state index in [1.807, 2.05) is 6.92 Å². The number of aliphatic hydroxyl groups excluding tert-OH is 1. The van der Waals surface area contributed by atoms with Crippen LogP contribution >= 0.6 is 0 Å². The molecule has 1 heterocycles. The first kappa shape index (κ1) is 12.5. The lowest BCUT2D eigenvalue weighted by Crippen LogP contribution is -2.36. The summed E-state index contributed by atoms with van der Waals surface area (Å²) in [7, 11) is 0. The third kappa shape index (κ3) is 2.82. The summed E-state index contributed by atoms with van der Waals surface area (Å²) < 4.78 is 0. The van der Waals surface area contributed by atoms with E-state index < -0.39 is 0 Å². The van der Waals surface area contributed by atoms with E-state index in [1.165, 1.54) is 6.42 Å². The number of aliphatic hydroxyl groups is 1. The van der Waals surface area contributed by atoms with Gasteiger partial charge in [-0.15, -0.1) is 0 Å². The molecular formula is C13H21N3O. The average molecular weight is 235 g/mol. The molecule has 4 nitrogen and oxygen atoms in total. The van der Waals surface area contributed by atoms with Crippen LogP contribution in [0.1, 0.15) is 43.6 Å². The van der Waals surface area contributed by atoms with E-state index in [4.69, 9.17) is 0 Å². The van der Waals surface area contributed by atoms with E-state index in [2.05, 4.69) is 22.2 Å². The van der Waals surface area contributed by atoms with Crippen LogP contribution in [0.5, 0.6) is 0 Å². The van der Waals surface area contributed by atoms with Gasteiger partial charge >= 0.3 is 0 Å². The average Bonchev–Trinajstić information content (AvgIpc) is 2.76. The third-order valence-electron chi connectivity index (χ3n) is 3.69. The van der Waals surface area contributed by atoms with Gasteiger partial charge in [-0.05, 0) is 32.6 Å². The van der Waals surface area contributed by atoms with Crippen LogP contribution in [0.15, 0.2) is 12.4 Å². The van der Waals surface area contributed by atoms with Crippen molar-refractivity contribution in [3.63, 3.8) is 0 Å². The Morgan fingerprint density at radius 3 is 2.88 bits per heavy atom. The quantitative estimate of drug-likeness (QED) is 0.832. The summed E-state index contributed by atoms with van der Waals surface area (Å²) in [6, 6.07) is 0.609. The Morgan fingerprint density at radius 2 is 2.18 bits per heavy atom. The van der Waals surface area contributed by atoms with Crippen molar-refractivity contribution in [3.8, 4) is 0 Å². The molecule has 1 aromatic heterocycles. The molecule has 0 aromatic carbocycles. The van der Waals surface area contributed by atoms with Gasteiger partial charge in [-0.25, -0.2) is 0 Å². The molecule has 94 valence electrons. The lowest BCUT2D eigenvalue weighted by atomic mass is 10.0.